The van der Waals surface area contributed by atoms with Crippen LogP contribution in [-0.2, 0) is 0 Å². The van der Waals surface area contributed by atoms with E-state index in [0.29, 0.717) is 18.1 Å². The standard InChI is InChI=1S/C16H26N2O3/c1-11-5-3-6-13(9-11)18-16(20)17-12(2)10-14(19)15-7-4-8-21-15/h4,7-8,11-14,19H,3,5-6,9-10H2,1-2H3,(H2,17,18,20). The molecule has 5 heteroatoms. The molecule has 0 spiro atoms. The fourth-order valence-corrected chi connectivity index (χ4v) is 3.01. The molecule has 4 unspecified atom stereocenters. The van der Waals surface area contributed by atoms with E-state index in [0.717, 1.165) is 12.8 Å². The van der Waals surface area contributed by atoms with Crippen molar-refractivity contribution < 1.29 is 14.3 Å². The number of carbonyl (C=O) groups excluding carboxylic acids is 1. The van der Waals surface area contributed by atoms with Crippen molar-refractivity contribution in [1.82, 2.24) is 10.6 Å². The third-order valence-corrected chi connectivity index (χ3v) is 4.10. The highest BCUT2D eigenvalue weighted by atomic mass is 16.4. The smallest absolute Gasteiger partial charge is 0.315 e. The van der Waals surface area contributed by atoms with Gasteiger partial charge in [0.2, 0.25) is 0 Å². The number of nitrogens with one attached hydrogen (secondary N) is 2. The van der Waals surface area contributed by atoms with Crippen LogP contribution in [0.2, 0.25) is 0 Å². The lowest BCUT2D eigenvalue weighted by Gasteiger charge is -2.28. The van der Waals surface area contributed by atoms with Crippen LogP contribution in [0.3, 0.4) is 0 Å². The molecule has 2 amide bonds. The molecule has 118 valence electrons. The quantitative estimate of drug-likeness (QED) is 0.781. The zero-order valence-corrected chi connectivity index (χ0v) is 12.8. The number of hydrogen-bond acceptors (Lipinski definition) is 3. The average Bonchev–Trinajstić information content (AvgIpc) is 2.91. The van der Waals surface area contributed by atoms with E-state index in [9.17, 15) is 9.90 Å². The van der Waals surface area contributed by atoms with Gasteiger partial charge >= 0.3 is 6.03 Å². The molecule has 0 radical (unpaired) electrons. The molecule has 5 nitrogen and oxygen atoms in total. The van der Waals surface area contributed by atoms with Crippen LogP contribution in [0.1, 0.15) is 57.8 Å². The Morgan fingerprint density at radius 1 is 1.52 bits per heavy atom. The zero-order chi connectivity index (χ0) is 15.2. The van der Waals surface area contributed by atoms with Gasteiger partial charge in [0.15, 0.2) is 0 Å². The third kappa shape index (κ3) is 5.08. The summed E-state index contributed by atoms with van der Waals surface area (Å²) in [4.78, 5) is 12.0. The van der Waals surface area contributed by atoms with Crippen molar-refractivity contribution in [2.45, 2.75) is 64.1 Å². The summed E-state index contributed by atoms with van der Waals surface area (Å²) in [6.07, 6.45) is 5.82. The van der Waals surface area contributed by atoms with E-state index < -0.39 is 6.10 Å². The summed E-state index contributed by atoms with van der Waals surface area (Å²) in [5, 5.41) is 15.9. The van der Waals surface area contributed by atoms with Gasteiger partial charge in [-0.15, -0.1) is 0 Å². The Kier molecular flexibility index (Phi) is 5.67. The minimum absolute atomic E-state index is 0.119. The second-order valence-electron chi connectivity index (χ2n) is 6.25. The molecule has 21 heavy (non-hydrogen) atoms. The number of aliphatic hydroxyl groups is 1. The Labute approximate surface area is 126 Å². The van der Waals surface area contributed by atoms with Crippen LogP contribution >= 0.6 is 0 Å². The van der Waals surface area contributed by atoms with E-state index >= 15 is 0 Å². The van der Waals surface area contributed by atoms with Gasteiger partial charge in [-0.05, 0) is 37.8 Å². The van der Waals surface area contributed by atoms with E-state index in [1.165, 1.54) is 19.1 Å². The molecule has 1 aromatic heterocycles. The summed E-state index contributed by atoms with van der Waals surface area (Å²) in [5.74, 6) is 1.22. The third-order valence-electron chi connectivity index (χ3n) is 4.10. The van der Waals surface area contributed by atoms with Gasteiger partial charge < -0.3 is 20.2 Å². The van der Waals surface area contributed by atoms with Crippen molar-refractivity contribution in [3.05, 3.63) is 24.2 Å². The summed E-state index contributed by atoms with van der Waals surface area (Å²) in [5.41, 5.74) is 0. The van der Waals surface area contributed by atoms with Crippen molar-refractivity contribution in [3.63, 3.8) is 0 Å². The molecule has 2 rings (SSSR count). The number of amides is 2. The van der Waals surface area contributed by atoms with Crippen molar-refractivity contribution >= 4 is 6.03 Å². The number of hydrogen-bond donors (Lipinski definition) is 3. The fourth-order valence-electron chi connectivity index (χ4n) is 3.01. The van der Waals surface area contributed by atoms with Gasteiger partial charge in [-0.25, -0.2) is 4.79 Å². The van der Waals surface area contributed by atoms with E-state index in [-0.39, 0.29) is 18.1 Å². The van der Waals surface area contributed by atoms with Gasteiger partial charge in [-0.2, -0.15) is 0 Å². The fraction of sp³-hybridized carbons (Fsp3) is 0.688. The molecule has 1 saturated carbocycles. The molecule has 0 bridgehead atoms. The van der Waals surface area contributed by atoms with Gasteiger partial charge in [-0.1, -0.05) is 19.8 Å². The van der Waals surface area contributed by atoms with Gasteiger partial charge in [0.25, 0.3) is 0 Å². The molecule has 1 aliphatic carbocycles. The van der Waals surface area contributed by atoms with Crippen LogP contribution < -0.4 is 10.6 Å². The van der Waals surface area contributed by atoms with Gasteiger partial charge in [0.05, 0.1) is 6.26 Å². The van der Waals surface area contributed by atoms with E-state index in [1.807, 2.05) is 6.92 Å². The number of rotatable bonds is 5. The zero-order valence-electron chi connectivity index (χ0n) is 12.8. The van der Waals surface area contributed by atoms with Gasteiger partial charge in [0, 0.05) is 18.5 Å². The molecule has 0 saturated heterocycles. The Morgan fingerprint density at radius 2 is 2.33 bits per heavy atom. The molecular weight excluding hydrogens is 268 g/mol. The lowest BCUT2D eigenvalue weighted by atomic mass is 9.87. The predicted octanol–water partition coefficient (Wildman–Crippen LogP) is 2.97. The molecule has 1 heterocycles. The lowest BCUT2D eigenvalue weighted by Crippen LogP contribution is -2.47. The Morgan fingerprint density at radius 3 is 3.00 bits per heavy atom. The van der Waals surface area contributed by atoms with Crippen LogP contribution in [0.5, 0.6) is 0 Å². The lowest BCUT2D eigenvalue weighted by molar-refractivity contribution is 0.129. The first-order valence-corrected chi connectivity index (χ1v) is 7.83. The summed E-state index contributed by atoms with van der Waals surface area (Å²) >= 11 is 0. The minimum atomic E-state index is -0.690. The van der Waals surface area contributed by atoms with Crippen LogP contribution in [0.15, 0.2) is 22.8 Å². The molecule has 1 aromatic rings. The first-order valence-electron chi connectivity index (χ1n) is 7.83. The number of urea groups is 1. The maximum absolute atomic E-state index is 12.0. The van der Waals surface area contributed by atoms with Crippen molar-refractivity contribution in [3.8, 4) is 0 Å². The molecule has 3 N–H and O–H groups in total. The summed E-state index contributed by atoms with van der Waals surface area (Å²) in [7, 11) is 0. The van der Waals surface area contributed by atoms with E-state index in [2.05, 4.69) is 17.6 Å². The highest BCUT2D eigenvalue weighted by molar-refractivity contribution is 5.74. The molecule has 1 aliphatic rings. The summed E-state index contributed by atoms with van der Waals surface area (Å²) in [6, 6.07) is 3.49. The second-order valence-corrected chi connectivity index (χ2v) is 6.25. The molecule has 0 aliphatic heterocycles. The number of carbonyl (C=O) groups is 1. The Hall–Kier alpha value is -1.49. The minimum Gasteiger partial charge on any atom is -0.467 e. The largest absolute Gasteiger partial charge is 0.467 e. The first-order chi connectivity index (χ1) is 10.0. The van der Waals surface area contributed by atoms with Crippen molar-refractivity contribution in [1.29, 1.82) is 0 Å². The van der Waals surface area contributed by atoms with Gasteiger partial charge in [-0.3, -0.25) is 0 Å². The maximum Gasteiger partial charge on any atom is 0.315 e. The van der Waals surface area contributed by atoms with Crippen LogP contribution in [-0.4, -0.2) is 23.2 Å². The molecule has 0 aromatic carbocycles. The topological polar surface area (TPSA) is 74.5 Å². The Balaban J connectivity index is 1.71. The van der Waals surface area contributed by atoms with E-state index in [1.54, 1.807) is 12.1 Å². The van der Waals surface area contributed by atoms with Crippen molar-refractivity contribution in [2.75, 3.05) is 0 Å². The summed E-state index contributed by atoms with van der Waals surface area (Å²) in [6.45, 7) is 4.11. The SMILES string of the molecule is CC1CCCC(NC(=O)NC(C)CC(O)c2ccco2)C1. The monoisotopic (exact) mass is 294 g/mol. The maximum atomic E-state index is 12.0. The second kappa shape index (κ2) is 7.50. The highest BCUT2D eigenvalue weighted by Crippen LogP contribution is 2.23. The van der Waals surface area contributed by atoms with Gasteiger partial charge in [0.1, 0.15) is 11.9 Å². The normalized spacial score (nSPS) is 25.1. The molecule has 1 fully saturated rings. The predicted molar refractivity (Wildman–Crippen MR) is 80.8 cm³/mol. The Bertz CT molecular complexity index is 433. The number of aliphatic hydroxyl groups excluding tert-OH is 1. The molecular formula is C16H26N2O3. The number of furan rings is 1. The highest BCUT2D eigenvalue weighted by Gasteiger charge is 2.21. The molecule has 4 atom stereocenters. The van der Waals surface area contributed by atoms with Crippen LogP contribution in [0, 0.1) is 5.92 Å². The average molecular weight is 294 g/mol. The van der Waals surface area contributed by atoms with Crippen LogP contribution in [0.25, 0.3) is 0 Å². The first kappa shape index (κ1) is 15.9. The van der Waals surface area contributed by atoms with E-state index in [4.69, 9.17) is 4.42 Å². The van der Waals surface area contributed by atoms with Crippen molar-refractivity contribution in [2.24, 2.45) is 5.92 Å². The van der Waals surface area contributed by atoms with Crippen LogP contribution in [0.4, 0.5) is 4.79 Å². The summed E-state index contributed by atoms with van der Waals surface area (Å²) < 4.78 is 5.16.